The Labute approximate surface area is 178 Å². The standard InChI is InChI=1S/C27H27NO2/c1-19-13-20(2)26(21(3)14-19)17-28-18-27(30)24-11-9-23(10-12-24)16-25(29)15-22-7-5-4-6-8-22/h4-14,17H,15-16,18H2,1-3H3. The fraction of sp³-hybridized carbons (Fsp3) is 0.222. The van der Waals surface area contributed by atoms with E-state index in [0.717, 1.165) is 27.8 Å². The van der Waals surface area contributed by atoms with E-state index in [1.54, 1.807) is 18.3 Å². The Morgan fingerprint density at radius 1 is 0.800 bits per heavy atom. The van der Waals surface area contributed by atoms with Crippen LogP contribution in [0, 0.1) is 20.8 Å². The molecular formula is C27H27NO2. The first kappa shape index (κ1) is 21.4. The molecule has 0 aliphatic carbocycles. The predicted octanol–water partition coefficient (Wildman–Crippen LogP) is 5.27. The summed E-state index contributed by atoms with van der Waals surface area (Å²) in [6, 6.07) is 21.2. The van der Waals surface area contributed by atoms with Crippen LogP contribution in [-0.4, -0.2) is 24.3 Å². The summed E-state index contributed by atoms with van der Waals surface area (Å²) in [4.78, 5) is 29.1. The van der Waals surface area contributed by atoms with Crippen LogP contribution < -0.4 is 0 Å². The first-order chi connectivity index (χ1) is 14.4. The largest absolute Gasteiger partial charge is 0.299 e. The zero-order valence-electron chi connectivity index (χ0n) is 17.8. The van der Waals surface area contributed by atoms with Gasteiger partial charge in [-0.2, -0.15) is 0 Å². The Bertz CT molecular complexity index is 1040. The number of carbonyl (C=O) groups is 2. The SMILES string of the molecule is Cc1cc(C)c(C=NCC(=O)c2ccc(CC(=O)Cc3ccccc3)cc2)c(C)c1. The molecule has 0 N–H and O–H groups in total. The van der Waals surface area contributed by atoms with Gasteiger partial charge in [0.05, 0.1) is 0 Å². The molecule has 3 aromatic rings. The van der Waals surface area contributed by atoms with Gasteiger partial charge in [0.15, 0.2) is 5.78 Å². The van der Waals surface area contributed by atoms with Gasteiger partial charge in [0.1, 0.15) is 12.3 Å². The highest BCUT2D eigenvalue weighted by atomic mass is 16.1. The van der Waals surface area contributed by atoms with Gasteiger partial charge in [0, 0.05) is 24.6 Å². The number of aryl methyl sites for hydroxylation is 3. The van der Waals surface area contributed by atoms with Gasteiger partial charge in [-0.15, -0.1) is 0 Å². The summed E-state index contributed by atoms with van der Waals surface area (Å²) in [5, 5.41) is 0. The van der Waals surface area contributed by atoms with Crippen molar-refractivity contribution in [2.24, 2.45) is 4.99 Å². The number of ketones is 2. The number of hydrogen-bond acceptors (Lipinski definition) is 3. The van der Waals surface area contributed by atoms with Gasteiger partial charge in [0.2, 0.25) is 0 Å². The molecule has 0 saturated heterocycles. The van der Waals surface area contributed by atoms with Crippen molar-refractivity contribution in [3.63, 3.8) is 0 Å². The van der Waals surface area contributed by atoms with Crippen LogP contribution in [0.1, 0.15) is 43.7 Å². The van der Waals surface area contributed by atoms with Crippen molar-refractivity contribution in [3.8, 4) is 0 Å². The smallest absolute Gasteiger partial charge is 0.184 e. The average molecular weight is 398 g/mol. The van der Waals surface area contributed by atoms with E-state index in [0.29, 0.717) is 18.4 Å². The van der Waals surface area contributed by atoms with Crippen molar-refractivity contribution >= 4 is 17.8 Å². The van der Waals surface area contributed by atoms with Crippen LogP contribution in [0.5, 0.6) is 0 Å². The zero-order chi connectivity index (χ0) is 21.5. The maximum atomic E-state index is 12.5. The van der Waals surface area contributed by atoms with Crippen LogP contribution in [0.4, 0.5) is 0 Å². The number of benzene rings is 3. The zero-order valence-corrected chi connectivity index (χ0v) is 17.8. The summed E-state index contributed by atoms with van der Waals surface area (Å²) >= 11 is 0. The minimum Gasteiger partial charge on any atom is -0.299 e. The Kier molecular flexibility index (Phi) is 7.08. The van der Waals surface area contributed by atoms with Gasteiger partial charge in [0.25, 0.3) is 0 Å². The van der Waals surface area contributed by atoms with E-state index in [-0.39, 0.29) is 18.1 Å². The molecule has 0 spiro atoms. The number of Topliss-reactive ketones (excluding diaryl/α,β-unsaturated/α-hetero) is 2. The number of rotatable bonds is 8. The molecule has 0 aromatic heterocycles. The molecule has 0 amide bonds. The molecule has 0 aliphatic heterocycles. The maximum absolute atomic E-state index is 12.5. The minimum atomic E-state index is -0.0316. The summed E-state index contributed by atoms with van der Waals surface area (Å²) in [5.41, 5.74) is 7.17. The average Bonchev–Trinajstić information content (AvgIpc) is 2.71. The van der Waals surface area contributed by atoms with Crippen LogP contribution >= 0.6 is 0 Å². The molecule has 30 heavy (non-hydrogen) atoms. The third-order valence-corrected chi connectivity index (χ3v) is 5.11. The molecule has 3 rings (SSSR count). The molecule has 152 valence electrons. The van der Waals surface area contributed by atoms with Crippen molar-refractivity contribution < 1.29 is 9.59 Å². The topological polar surface area (TPSA) is 46.5 Å². The van der Waals surface area contributed by atoms with Crippen LogP contribution in [0.2, 0.25) is 0 Å². The highest BCUT2D eigenvalue weighted by molar-refractivity contribution is 5.99. The summed E-state index contributed by atoms with van der Waals surface area (Å²) in [6.07, 6.45) is 2.58. The lowest BCUT2D eigenvalue weighted by Crippen LogP contribution is -2.08. The fourth-order valence-corrected chi connectivity index (χ4v) is 3.63. The van der Waals surface area contributed by atoms with E-state index in [1.807, 2.05) is 42.5 Å². The third-order valence-electron chi connectivity index (χ3n) is 5.11. The van der Waals surface area contributed by atoms with Crippen LogP contribution in [0.15, 0.2) is 71.7 Å². The van der Waals surface area contributed by atoms with Gasteiger partial charge in [-0.05, 0) is 48.6 Å². The van der Waals surface area contributed by atoms with Crippen LogP contribution in [0.25, 0.3) is 0 Å². The van der Waals surface area contributed by atoms with E-state index in [2.05, 4.69) is 37.9 Å². The Balaban J connectivity index is 1.57. The molecule has 0 radical (unpaired) electrons. The number of aliphatic imine (C=N–C) groups is 1. The van der Waals surface area contributed by atoms with Crippen molar-refractivity contribution in [1.82, 2.24) is 0 Å². The lowest BCUT2D eigenvalue weighted by molar-refractivity contribution is -0.117. The van der Waals surface area contributed by atoms with Crippen LogP contribution in [0.3, 0.4) is 0 Å². The van der Waals surface area contributed by atoms with E-state index in [1.165, 1.54) is 5.56 Å². The predicted molar refractivity (Wildman–Crippen MR) is 123 cm³/mol. The molecular weight excluding hydrogens is 370 g/mol. The molecule has 0 aliphatic rings. The molecule has 0 saturated carbocycles. The van der Waals surface area contributed by atoms with Gasteiger partial charge < -0.3 is 0 Å². The molecule has 0 heterocycles. The Morgan fingerprint density at radius 3 is 1.97 bits per heavy atom. The Morgan fingerprint density at radius 2 is 1.37 bits per heavy atom. The highest BCUT2D eigenvalue weighted by Crippen LogP contribution is 2.14. The number of hydrogen-bond donors (Lipinski definition) is 0. The van der Waals surface area contributed by atoms with Gasteiger partial charge in [-0.25, -0.2) is 0 Å². The van der Waals surface area contributed by atoms with Crippen molar-refractivity contribution in [2.75, 3.05) is 6.54 Å². The first-order valence-corrected chi connectivity index (χ1v) is 10.2. The van der Waals surface area contributed by atoms with E-state index in [9.17, 15) is 9.59 Å². The molecule has 3 aromatic carbocycles. The molecule has 0 unspecified atom stereocenters. The lowest BCUT2D eigenvalue weighted by atomic mass is 10.0. The van der Waals surface area contributed by atoms with E-state index < -0.39 is 0 Å². The number of carbonyl (C=O) groups excluding carboxylic acids is 2. The first-order valence-electron chi connectivity index (χ1n) is 10.2. The summed E-state index contributed by atoms with van der Waals surface area (Å²) in [7, 11) is 0. The minimum absolute atomic E-state index is 0.0316. The maximum Gasteiger partial charge on any atom is 0.184 e. The summed E-state index contributed by atoms with van der Waals surface area (Å²) in [6.45, 7) is 6.30. The monoisotopic (exact) mass is 397 g/mol. The highest BCUT2D eigenvalue weighted by Gasteiger charge is 2.08. The second-order valence-corrected chi connectivity index (χ2v) is 7.78. The van der Waals surface area contributed by atoms with E-state index in [4.69, 9.17) is 0 Å². The van der Waals surface area contributed by atoms with Crippen molar-refractivity contribution in [3.05, 3.63) is 106 Å². The second kappa shape index (κ2) is 9.93. The fourth-order valence-electron chi connectivity index (χ4n) is 3.63. The molecule has 3 nitrogen and oxygen atoms in total. The molecule has 3 heteroatoms. The van der Waals surface area contributed by atoms with Crippen molar-refractivity contribution in [2.45, 2.75) is 33.6 Å². The molecule has 0 bridgehead atoms. The van der Waals surface area contributed by atoms with Gasteiger partial charge >= 0.3 is 0 Å². The van der Waals surface area contributed by atoms with Gasteiger partial charge in [-0.1, -0.05) is 72.3 Å². The Hall–Kier alpha value is -3.33. The molecule has 0 atom stereocenters. The van der Waals surface area contributed by atoms with Gasteiger partial charge in [-0.3, -0.25) is 14.6 Å². The summed E-state index contributed by atoms with van der Waals surface area (Å²) in [5.74, 6) is 0.129. The third kappa shape index (κ3) is 5.84. The number of nitrogens with zero attached hydrogens (tertiary/aromatic N) is 1. The van der Waals surface area contributed by atoms with Crippen LogP contribution in [-0.2, 0) is 17.6 Å². The normalized spacial score (nSPS) is 11.0. The summed E-state index contributed by atoms with van der Waals surface area (Å²) < 4.78 is 0. The lowest BCUT2D eigenvalue weighted by Gasteiger charge is -2.06. The molecule has 0 fully saturated rings. The quantitative estimate of drug-likeness (QED) is 0.384. The second-order valence-electron chi connectivity index (χ2n) is 7.78. The van der Waals surface area contributed by atoms with Crippen molar-refractivity contribution in [1.29, 1.82) is 0 Å². The van der Waals surface area contributed by atoms with E-state index >= 15 is 0 Å².